The number of nitrogen functional groups attached to an aromatic ring is 1. The summed E-state index contributed by atoms with van der Waals surface area (Å²) in [6, 6.07) is 9.29. The predicted octanol–water partition coefficient (Wildman–Crippen LogP) is 2.89. The molecule has 1 aromatic carbocycles. The number of halogens is 2. The maximum Gasteiger partial charge on any atom is 0.166 e. The molecule has 0 radical (unpaired) electrons. The van der Waals surface area contributed by atoms with Gasteiger partial charge in [-0.1, -0.05) is 0 Å². The van der Waals surface area contributed by atoms with Crippen molar-refractivity contribution in [1.29, 1.82) is 0 Å². The first kappa shape index (κ1) is 14.1. The van der Waals surface area contributed by atoms with Crippen molar-refractivity contribution in [3.05, 3.63) is 46.8 Å². The topological polar surface area (TPSA) is 45.4 Å². The van der Waals surface area contributed by atoms with Gasteiger partial charge in [0.15, 0.2) is 11.6 Å². The maximum absolute atomic E-state index is 13.9. The molecule has 1 fully saturated rings. The minimum absolute atomic E-state index is 0.287. The van der Waals surface area contributed by atoms with Crippen molar-refractivity contribution in [2.24, 2.45) is 0 Å². The van der Waals surface area contributed by atoms with Gasteiger partial charge in [0.2, 0.25) is 0 Å². The van der Waals surface area contributed by atoms with Crippen LogP contribution >= 0.6 is 15.9 Å². The second-order valence-corrected chi connectivity index (χ2v) is 5.94. The van der Waals surface area contributed by atoms with Crippen LogP contribution in [-0.4, -0.2) is 31.2 Å². The summed E-state index contributed by atoms with van der Waals surface area (Å²) in [5, 5.41) is 0. The number of benzene rings is 1. The van der Waals surface area contributed by atoms with Crippen molar-refractivity contribution in [2.45, 2.75) is 0 Å². The minimum atomic E-state index is -0.287. The Kier molecular flexibility index (Phi) is 3.96. The van der Waals surface area contributed by atoms with Crippen molar-refractivity contribution in [3.8, 4) is 0 Å². The SMILES string of the molecule is Nc1ccc(N2CCN(c3ncc(Br)cc3F)CC2)cc1. The highest BCUT2D eigenvalue weighted by Crippen LogP contribution is 2.23. The highest BCUT2D eigenvalue weighted by atomic mass is 79.9. The molecule has 0 bridgehead atoms. The van der Waals surface area contributed by atoms with Crippen LogP contribution in [0, 0.1) is 5.82 Å². The number of piperazine rings is 1. The third-order valence-electron chi connectivity index (χ3n) is 3.63. The number of anilines is 3. The van der Waals surface area contributed by atoms with Crippen LogP contribution in [0.15, 0.2) is 41.0 Å². The summed E-state index contributed by atoms with van der Waals surface area (Å²) in [4.78, 5) is 8.43. The van der Waals surface area contributed by atoms with Gasteiger partial charge < -0.3 is 15.5 Å². The number of pyridine rings is 1. The summed E-state index contributed by atoms with van der Waals surface area (Å²) in [7, 11) is 0. The average molecular weight is 351 g/mol. The number of rotatable bonds is 2. The molecule has 21 heavy (non-hydrogen) atoms. The van der Waals surface area contributed by atoms with E-state index in [0.29, 0.717) is 10.3 Å². The first-order chi connectivity index (χ1) is 10.1. The Morgan fingerprint density at radius 3 is 2.29 bits per heavy atom. The van der Waals surface area contributed by atoms with Gasteiger partial charge in [-0.3, -0.25) is 0 Å². The van der Waals surface area contributed by atoms with Crippen molar-refractivity contribution >= 4 is 33.1 Å². The Bertz CT molecular complexity index is 624. The second kappa shape index (κ2) is 5.89. The number of nitrogens with two attached hydrogens (primary N) is 1. The molecule has 1 saturated heterocycles. The third-order valence-corrected chi connectivity index (χ3v) is 4.06. The van der Waals surface area contributed by atoms with Crippen molar-refractivity contribution in [3.63, 3.8) is 0 Å². The molecule has 1 aliphatic heterocycles. The predicted molar refractivity (Wildman–Crippen MR) is 87.2 cm³/mol. The molecule has 3 rings (SSSR count). The smallest absolute Gasteiger partial charge is 0.166 e. The molecular weight excluding hydrogens is 335 g/mol. The number of hydrogen-bond donors (Lipinski definition) is 1. The molecule has 0 aliphatic carbocycles. The Morgan fingerprint density at radius 2 is 1.67 bits per heavy atom. The van der Waals surface area contributed by atoms with E-state index in [9.17, 15) is 4.39 Å². The molecule has 110 valence electrons. The van der Waals surface area contributed by atoms with Gasteiger partial charge in [-0.15, -0.1) is 0 Å². The summed E-state index contributed by atoms with van der Waals surface area (Å²) in [6.45, 7) is 3.16. The Hall–Kier alpha value is -1.82. The zero-order valence-corrected chi connectivity index (χ0v) is 13.1. The second-order valence-electron chi connectivity index (χ2n) is 5.02. The van der Waals surface area contributed by atoms with Gasteiger partial charge >= 0.3 is 0 Å². The number of nitrogens with zero attached hydrogens (tertiary/aromatic N) is 3. The lowest BCUT2D eigenvalue weighted by molar-refractivity contribution is 0.588. The highest BCUT2D eigenvalue weighted by Gasteiger charge is 2.20. The lowest BCUT2D eigenvalue weighted by atomic mass is 10.2. The minimum Gasteiger partial charge on any atom is -0.399 e. The molecule has 1 aromatic heterocycles. The molecule has 1 aliphatic rings. The fourth-order valence-corrected chi connectivity index (χ4v) is 2.80. The van der Waals surface area contributed by atoms with E-state index in [0.717, 1.165) is 37.6 Å². The Labute approximate surface area is 131 Å². The standard InChI is InChI=1S/C15H16BrFN4/c16-11-9-14(17)15(19-10-11)21-7-5-20(6-8-21)13-3-1-12(18)2-4-13/h1-4,9-10H,5-8,18H2. The van der Waals surface area contributed by atoms with E-state index in [1.807, 2.05) is 29.2 Å². The van der Waals surface area contributed by atoms with Crippen molar-refractivity contribution in [1.82, 2.24) is 4.98 Å². The van der Waals surface area contributed by atoms with Crippen molar-refractivity contribution in [2.75, 3.05) is 41.7 Å². The fourth-order valence-electron chi connectivity index (χ4n) is 2.50. The van der Waals surface area contributed by atoms with Crippen LogP contribution in [0.3, 0.4) is 0 Å². The van der Waals surface area contributed by atoms with Gasteiger partial charge in [0.05, 0.1) is 0 Å². The molecule has 0 spiro atoms. The highest BCUT2D eigenvalue weighted by molar-refractivity contribution is 9.10. The summed E-state index contributed by atoms with van der Waals surface area (Å²) >= 11 is 3.23. The Balaban J connectivity index is 1.68. The summed E-state index contributed by atoms with van der Waals surface area (Å²) < 4.78 is 14.6. The zero-order valence-electron chi connectivity index (χ0n) is 11.5. The molecule has 0 unspecified atom stereocenters. The first-order valence-electron chi connectivity index (χ1n) is 6.80. The zero-order chi connectivity index (χ0) is 14.8. The molecule has 6 heteroatoms. The van der Waals surface area contributed by atoms with Crippen LogP contribution < -0.4 is 15.5 Å². The lowest BCUT2D eigenvalue weighted by Crippen LogP contribution is -2.47. The lowest BCUT2D eigenvalue weighted by Gasteiger charge is -2.36. The molecule has 2 aromatic rings. The van der Waals surface area contributed by atoms with E-state index in [2.05, 4.69) is 25.8 Å². The normalized spacial score (nSPS) is 15.3. The van der Waals surface area contributed by atoms with Crippen LogP contribution in [0.4, 0.5) is 21.6 Å². The van der Waals surface area contributed by atoms with Gasteiger partial charge in [0.25, 0.3) is 0 Å². The molecule has 4 nitrogen and oxygen atoms in total. The first-order valence-corrected chi connectivity index (χ1v) is 7.59. The van der Waals surface area contributed by atoms with Gasteiger partial charge in [-0.2, -0.15) is 0 Å². The molecule has 0 amide bonds. The van der Waals surface area contributed by atoms with Crippen LogP contribution in [0.1, 0.15) is 0 Å². The quantitative estimate of drug-likeness (QED) is 0.846. The van der Waals surface area contributed by atoms with Crippen LogP contribution in [0.5, 0.6) is 0 Å². The van der Waals surface area contributed by atoms with Gasteiger partial charge in [0, 0.05) is 48.2 Å². The van der Waals surface area contributed by atoms with Crippen LogP contribution in [0.25, 0.3) is 0 Å². The van der Waals surface area contributed by atoms with E-state index < -0.39 is 0 Å². The van der Waals surface area contributed by atoms with Crippen molar-refractivity contribution < 1.29 is 4.39 Å². The van der Waals surface area contributed by atoms with E-state index in [-0.39, 0.29) is 5.82 Å². The van der Waals surface area contributed by atoms with E-state index in [4.69, 9.17) is 5.73 Å². The van der Waals surface area contributed by atoms with Gasteiger partial charge in [0.1, 0.15) is 0 Å². The fraction of sp³-hybridized carbons (Fsp3) is 0.267. The number of hydrogen-bond acceptors (Lipinski definition) is 4. The Morgan fingerprint density at radius 1 is 1.05 bits per heavy atom. The van der Waals surface area contributed by atoms with Gasteiger partial charge in [-0.05, 0) is 46.3 Å². The molecule has 0 saturated carbocycles. The number of aromatic nitrogens is 1. The molecule has 2 heterocycles. The van der Waals surface area contributed by atoms with Crippen LogP contribution in [-0.2, 0) is 0 Å². The molecular formula is C15H16BrFN4. The van der Waals surface area contributed by atoms with Gasteiger partial charge in [-0.25, -0.2) is 9.37 Å². The van der Waals surface area contributed by atoms with Crippen LogP contribution in [0.2, 0.25) is 0 Å². The van der Waals surface area contributed by atoms with E-state index in [1.165, 1.54) is 6.07 Å². The largest absolute Gasteiger partial charge is 0.399 e. The summed E-state index contributed by atoms with van der Waals surface area (Å²) in [5.74, 6) is 0.139. The third kappa shape index (κ3) is 3.10. The molecule has 0 atom stereocenters. The average Bonchev–Trinajstić information content (AvgIpc) is 2.48. The summed E-state index contributed by atoms with van der Waals surface area (Å²) in [5.41, 5.74) is 7.61. The molecule has 2 N–H and O–H groups in total. The summed E-state index contributed by atoms with van der Waals surface area (Å²) in [6.07, 6.45) is 1.63. The maximum atomic E-state index is 13.9. The monoisotopic (exact) mass is 350 g/mol. The van der Waals surface area contributed by atoms with E-state index in [1.54, 1.807) is 6.20 Å². The van der Waals surface area contributed by atoms with E-state index >= 15 is 0 Å².